The normalized spacial score (nSPS) is 9.71. The number of nitriles is 1. The lowest BCUT2D eigenvalue weighted by Gasteiger charge is -2.03. The summed E-state index contributed by atoms with van der Waals surface area (Å²) in [6, 6.07) is 1.98. The highest BCUT2D eigenvalue weighted by atomic mass is 32.2. The first-order valence-corrected chi connectivity index (χ1v) is 4.81. The number of hydrogen-bond acceptors (Lipinski definition) is 5. The predicted octanol–water partition coefficient (Wildman–Crippen LogP) is -0.526. The molecular formula is C7H8N4O2S. The van der Waals surface area contributed by atoms with Crippen LogP contribution in [0.5, 0.6) is 0 Å². The van der Waals surface area contributed by atoms with E-state index in [0.29, 0.717) is 17.3 Å². The molecular weight excluding hydrogens is 204 g/mol. The molecule has 1 rings (SSSR count). The molecule has 0 aliphatic rings. The number of nitrogens with one attached hydrogen (secondary N) is 1. The molecule has 0 radical (unpaired) electrons. The van der Waals surface area contributed by atoms with Crippen LogP contribution in [0.3, 0.4) is 0 Å². The van der Waals surface area contributed by atoms with E-state index in [1.165, 1.54) is 16.4 Å². The Labute approximate surface area is 83.6 Å². The number of rotatable bonds is 3. The third-order valence-corrected chi connectivity index (χ3v) is 2.42. The first-order valence-electron chi connectivity index (χ1n) is 3.82. The summed E-state index contributed by atoms with van der Waals surface area (Å²) in [5.41, 5.74) is -1.54. The van der Waals surface area contributed by atoms with Crippen LogP contribution in [0.25, 0.3) is 0 Å². The van der Waals surface area contributed by atoms with Crippen molar-refractivity contribution in [3.05, 3.63) is 20.7 Å². The zero-order valence-corrected chi connectivity index (χ0v) is 8.30. The van der Waals surface area contributed by atoms with E-state index in [2.05, 4.69) is 10.1 Å². The molecule has 0 aliphatic heterocycles. The van der Waals surface area contributed by atoms with Crippen molar-refractivity contribution in [1.29, 1.82) is 5.26 Å². The summed E-state index contributed by atoms with van der Waals surface area (Å²) in [5.74, 6) is 0.544. The molecule has 74 valence electrons. The largest absolute Gasteiger partial charge is 0.339 e. The molecule has 7 heteroatoms. The number of nitrogens with zero attached hydrogens (tertiary/aromatic N) is 3. The van der Waals surface area contributed by atoms with Crippen LogP contribution in [-0.4, -0.2) is 20.5 Å². The Morgan fingerprint density at radius 3 is 3.00 bits per heavy atom. The molecule has 6 nitrogen and oxygen atoms in total. The standard InChI is InChI=1S/C7H8N4O2S/c1-11-7(14-4-2-3-8)9-5(12)6(13)10-11/h2,4H2,1H3,(H,10,13). The second-order valence-electron chi connectivity index (χ2n) is 2.46. The van der Waals surface area contributed by atoms with Crippen LogP contribution >= 0.6 is 11.8 Å². The zero-order valence-electron chi connectivity index (χ0n) is 7.48. The van der Waals surface area contributed by atoms with Gasteiger partial charge in [0, 0.05) is 19.2 Å². The van der Waals surface area contributed by atoms with Gasteiger partial charge in [-0.2, -0.15) is 10.2 Å². The van der Waals surface area contributed by atoms with Gasteiger partial charge >= 0.3 is 11.1 Å². The number of aromatic amines is 1. The van der Waals surface area contributed by atoms with E-state index >= 15 is 0 Å². The minimum atomic E-state index is -0.803. The van der Waals surface area contributed by atoms with Gasteiger partial charge in [0.2, 0.25) is 0 Å². The molecule has 1 heterocycles. The summed E-state index contributed by atoms with van der Waals surface area (Å²) in [7, 11) is 1.59. The molecule has 0 saturated carbocycles. The van der Waals surface area contributed by atoms with Crippen LogP contribution < -0.4 is 11.1 Å². The number of hydrogen-bond donors (Lipinski definition) is 1. The van der Waals surface area contributed by atoms with Gasteiger partial charge in [0.25, 0.3) is 0 Å². The van der Waals surface area contributed by atoms with Gasteiger partial charge in [-0.15, -0.1) is 0 Å². The lowest BCUT2D eigenvalue weighted by Crippen LogP contribution is -2.33. The van der Waals surface area contributed by atoms with Crippen molar-refractivity contribution in [2.24, 2.45) is 7.05 Å². The summed E-state index contributed by atoms with van der Waals surface area (Å²) in [6.45, 7) is 0. The van der Waals surface area contributed by atoms with Crippen molar-refractivity contribution >= 4 is 11.8 Å². The smallest absolute Gasteiger partial charge is 0.265 e. The van der Waals surface area contributed by atoms with Crippen LogP contribution in [-0.2, 0) is 7.05 Å². The van der Waals surface area contributed by atoms with Gasteiger partial charge in [-0.05, 0) is 0 Å². The molecule has 1 aromatic heterocycles. The highest BCUT2D eigenvalue weighted by Gasteiger charge is 2.03. The van der Waals surface area contributed by atoms with Crippen molar-refractivity contribution in [3.8, 4) is 6.07 Å². The van der Waals surface area contributed by atoms with E-state index in [0.717, 1.165) is 0 Å². The lowest BCUT2D eigenvalue weighted by molar-refractivity contribution is 0.596. The Kier molecular flexibility index (Phi) is 3.48. The molecule has 0 aromatic carbocycles. The fraction of sp³-hybridized carbons (Fsp3) is 0.429. The fourth-order valence-electron chi connectivity index (χ4n) is 0.778. The number of aryl methyl sites for hydroxylation is 1. The van der Waals surface area contributed by atoms with E-state index in [9.17, 15) is 9.59 Å². The van der Waals surface area contributed by atoms with Crippen molar-refractivity contribution in [2.75, 3.05) is 5.75 Å². The summed E-state index contributed by atoms with van der Waals surface area (Å²) >= 11 is 1.25. The van der Waals surface area contributed by atoms with Gasteiger partial charge in [0.05, 0.1) is 6.07 Å². The van der Waals surface area contributed by atoms with Crippen LogP contribution in [0, 0.1) is 11.3 Å². The first-order chi connectivity index (χ1) is 6.65. The maximum atomic E-state index is 10.9. The fourth-order valence-corrected chi connectivity index (χ4v) is 1.54. The molecule has 1 N–H and O–H groups in total. The molecule has 0 bridgehead atoms. The summed E-state index contributed by atoms with van der Waals surface area (Å²) in [6.07, 6.45) is 0.375. The SMILES string of the molecule is Cn1[nH]c(=O)c(=O)nc1SCCC#N. The van der Waals surface area contributed by atoms with Gasteiger partial charge in [-0.3, -0.25) is 19.4 Å². The van der Waals surface area contributed by atoms with Crippen LogP contribution in [0.15, 0.2) is 14.7 Å². The first kappa shape index (κ1) is 10.5. The van der Waals surface area contributed by atoms with Crippen molar-refractivity contribution in [3.63, 3.8) is 0 Å². The van der Waals surface area contributed by atoms with E-state index in [1.807, 2.05) is 6.07 Å². The summed E-state index contributed by atoms with van der Waals surface area (Å²) in [5, 5.41) is 11.0. The minimum Gasteiger partial charge on any atom is -0.265 e. The molecule has 0 aliphatic carbocycles. The van der Waals surface area contributed by atoms with E-state index in [4.69, 9.17) is 5.26 Å². The topological polar surface area (TPSA) is 91.5 Å². The third kappa shape index (κ3) is 2.47. The molecule has 0 unspecified atom stereocenters. The monoisotopic (exact) mass is 212 g/mol. The third-order valence-electron chi connectivity index (χ3n) is 1.39. The second kappa shape index (κ2) is 4.62. The second-order valence-corrected chi connectivity index (χ2v) is 3.52. The summed E-state index contributed by atoms with van der Waals surface area (Å²) in [4.78, 5) is 25.2. The summed E-state index contributed by atoms with van der Waals surface area (Å²) < 4.78 is 1.37. The van der Waals surface area contributed by atoms with Gasteiger partial charge in [-0.25, -0.2) is 0 Å². The van der Waals surface area contributed by atoms with E-state index in [-0.39, 0.29) is 0 Å². The molecule has 0 saturated heterocycles. The quantitative estimate of drug-likeness (QED) is 0.413. The van der Waals surface area contributed by atoms with Gasteiger partial charge in [0.1, 0.15) is 0 Å². The molecule has 0 fully saturated rings. The molecule has 14 heavy (non-hydrogen) atoms. The Bertz CT molecular complexity index is 470. The molecule has 0 amide bonds. The van der Waals surface area contributed by atoms with Crippen LogP contribution in [0.4, 0.5) is 0 Å². The van der Waals surface area contributed by atoms with Crippen LogP contribution in [0.1, 0.15) is 6.42 Å². The van der Waals surface area contributed by atoms with Crippen molar-refractivity contribution < 1.29 is 0 Å². The van der Waals surface area contributed by atoms with Crippen molar-refractivity contribution in [2.45, 2.75) is 11.6 Å². The van der Waals surface area contributed by atoms with E-state index < -0.39 is 11.1 Å². The van der Waals surface area contributed by atoms with E-state index in [1.54, 1.807) is 7.05 Å². The zero-order chi connectivity index (χ0) is 10.6. The Hall–Kier alpha value is -1.55. The van der Waals surface area contributed by atoms with Gasteiger partial charge < -0.3 is 0 Å². The van der Waals surface area contributed by atoms with Gasteiger partial charge in [-0.1, -0.05) is 11.8 Å². The molecule has 0 spiro atoms. The highest BCUT2D eigenvalue weighted by molar-refractivity contribution is 7.99. The Morgan fingerprint density at radius 1 is 1.64 bits per heavy atom. The van der Waals surface area contributed by atoms with Crippen molar-refractivity contribution in [1.82, 2.24) is 14.8 Å². The maximum absolute atomic E-state index is 10.9. The minimum absolute atomic E-state index is 0.375. The number of H-pyrrole nitrogens is 1. The highest BCUT2D eigenvalue weighted by Crippen LogP contribution is 2.11. The predicted molar refractivity (Wildman–Crippen MR) is 51.1 cm³/mol. The average molecular weight is 212 g/mol. The Balaban J connectivity index is 2.89. The lowest BCUT2D eigenvalue weighted by atomic mass is 10.6. The molecule has 1 aromatic rings. The van der Waals surface area contributed by atoms with Gasteiger partial charge in [0.15, 0.2) is 5.16 Å². The number of aromatic nitrogens is 3. The Morgan fingerprint density at radius 2 is 2.36 bits per heavy atom. The maximum Gasteiger partial charge on any atom is 0.339 e. The van der Waals surface area contributed by atoms with Crippen LogP contribution in [0.2, 0.25) is 0 Å². The number of thioether (sulfide) groups is 1. The molecule has 0 atom stereocenters. The average Bonchev–Trinajstić information content (AvgIpc) is 2.14.